The summed E-state index contributed by atoms with van der Waals surface area (Å²) in [6, 6.07) is 9.88. The number of piperazine rings is 1. The zero-order chi connectivity index (χ0) is 18.9. The molecule has 0 aromatic carbocycles. The average molecular weight is 372 g/mol. The van der Waals surface area contributed by atoms with Gasteiger partial charge >= 0.3 is 0 Å². The summed E-state index contributed by atoms with van der Waals surface area (Å²) < 4.78 is 1.90. The van der Waals surface area contributed by atoms with Gasteiger partial charge in [0, 0.05) is 68.2 Å². The van der Waals surface area contributed by atoms with Crippen LogP contribution in [0.25, 0.3) is 16.9 Å². The van der Waals surface area contributed by atoms with Gasteiger partial charge in [0.1, 0.15) is 5.82 Å². The maximum absolute atomic E-state index is 4.75. The molecule has 0 unspecified atom stereocenters. The zero-order valence-electron chi connectivity index (χ0n) is 15.6. The van der Waals surface area contributed by atoms with E-state index in [0.29, 0.717) is 0 Å². The number of fused-ring (bicyclic) bond motifs is 1. The second kappa shape index (κ2) is 6.88. The number of hydrogen-bond donors (Lipinski definition) is 0. The van der Waals surface area contributed by atoms with Crippen LogP contribution in [0.15, 0.2) is 55.1 Å². The van der Waals surface area contributed by atoms with Crippen molar-refractivity contribution in [2.45, 2.75) is 6.92 Å². The first-order valence-electron chi connectivity index (χ1n) is 9.33. The number of rotatable bonds is 3. The molecule has 0 bridgehead atoms. The Bertz CT molecular complexity index is 1100. The SMILES string of the molecule is Cc1cc(N2CCN(c3nccc(-c4cccnc4)n3)CC2)n2nccc2n1. The van der Waals surface area contributed by atoms with Crippen molar-refractivity contribution < 1.29 is 0 Å². The summed E-state index contributed by atoms with van der Waals surface area (Å²) >= 11 is 0. The molecular weight excluding hydrogens is 352 g/mol. The third-order valence-corrected chi connectivity index (χ3v) is 4.96. The van der Waals surface area contributed by atoms with Gasteiger partial charge in [-0.05, 0) is 25.1 Å². The van der Waals surface area contributed by atoms with Crippen LogP contribution in [0.1, 0.15) is 5.69 Å². The molecular formula is C20H20N8. The topological polar surface area (TPSA) is 75.3 Å². The largest absolute Gasteiger partial charge is 0.353 e. The van der Waals surface area contributed by atoms with Gasteiger partial charge in [-0.3, -0.25) is 4.98 Å². The second-order valence-electron chi connectivity index (χ2n) is 6.81. The molecule has 1 fully saturated rings. The number of pyridine rings is 1. The molecule has 1 aliphatic rings. The Morgan fingerprint density at radius 1 is 0.893 bits per heavy atom. The number of aromatic nitrogens is 6. The predicted octanol–water partition coefficient (Wildman–Crippen LogP) is 2.22. The molecule has 1 saturated heterocycles. The predicted molar refractivity (Wildman–Crippen MR) is 107 cm³/mol. The maximum Gasteiger partial charge on any atom is 0.225 e. The normalized spacial score (nSPS) is 14.6. The first-order chi connectivity index (χ1) is 13.8. The van der Waals surface area contributed by atoms with Crippen LogP contribution in [0.2, 0.25) is 0 Å². The average Bonchev–Trinajstić information content (AvgIpc) is 3.22. The van der Waals surface area contributed by atoms with Gasteiger partial charge in [-0.15, -0.1) is 0 Å². The minimum atomic E-state index is 0.760. The number of anilines is 2. The summed E-state index contributed by atoms with van der Waals surface area (Å²) in [5.41, 5.74) is 3.77. The highest BCUT2D eigenvalue weighted by Crippen LogP contribution is 2.22. The highest BCUT2D eigenvalue weighted by atomic mass is 15.4. The van der Waals surface area contributed by atoms with Gasteiger partial charge in [0.2, 0.25) is 5.95 Å². The highest BCUT2D eigenvalue weighted by molar-refractivity contribution is 5.59. The first-order valence-corrected chi connectivity index (χ1v) is 9.33. The van der Waals surface area contributed by atoms with Crippen molar-refractivity contribution in [1.29, 1.82) is 0 Å². The quantitative estimate of drug-likeness (QED) is 0.546. The minimum Gasteiger partial charge on any atom is -0.353 e. The van der Waals surface area contributed by atoms with E-state index in [9.17, 15) is 0 Å². The molecule has 8 heteroatoms. The van der Waals surface area contributed by atoms with E-state index in [2.05, 4.69) is 35.9 Å². The molecule has 0 amide bonds. The van der Waals surface area contributed by atoms with Crippen LogP contribution in [0.4, 0.5) is 11.8 Å². The van der Waals surface area contributed by atoms with E-state index in [1.54, 1.807) is 12.4 Å². The minimum absolute atomic E-state index is 0.760. The van der Waals surface area contributed by atoms with Crippen molar-refractivity contribution in [2.75, 3.05) is 36.0 Å². The lowest BCUT2D eigenvalue weighted by Crippen LogP contribution is -2.47. The van der Waals surface area contributed by atoms with Crippen molar-refractivity contribution in [3.63, 3.8) is 0 Å². The van der Waals surface area contributed by atoms with E-state index in [4.69, 9.17) is 4.98 Å². The van der Waals surface area contributed by atoms with Crippen molar-refractivity contribution >= 4 is 17.4 Å². The maximum atomic E-state index is 4.75. The van der Waals surface area contributed by atoms with Crippen molar-refractivity contribution in [1.82, 2.24) is 29.5 Å². The summed E-state index contributed by atoms with van der Waals surface area (Å²) in [5.74, 6) is 1.84. The third-order valence-electron chi connectivity index (χ3n) is 4.96. The standard InChI is InChI=1S/C20H20N8/c1-15-13-19(28-18(24-15)5-8-23-28)26-9-11-27(12-10-26)20-22-7-4-17(25-20)16-3-2-6-21-14-16/h2-8,13-14H,9-12H2,1H3. The lowest BCUT2D eigenvalue weighted by atomic mass is 10.2. The van der Waals surface area contributed by atoms with Crippen LogP contribution in [0.3, 0.4) is 0 Å². The van der Waals surface area contributed by atoms with Crippen LogP contribution in [0, 0.1) is 6.92 Å². The van der Waals surface area contributed by atoms with Crippen molar-refractivity contribution in [3.05, 3.63) is 60.8 Å². The van der Waals surface area contributed by atoms with Crippen LogP contribution in [-0.4, -0.2) is 55.7 Å². The smallest absolute Gasteiger partial charge is 0.225 e. The fourth-order valence-corrected chi connectivity index (χ4v) is 3.56. The molecule has 4 aromatic heterocycles. The fourth-order valence-electron chi connectivity index (χ4n) is 3.56. The molecule has 4 aromatic rings. The molecule has 0 radical (unpaired) electrons. The van der Waals surface area contributed by atoms with E-state index in [-0.39, 0.29) is 0 Å². The lowest BCUT2D eigenvalue weighted by Gasteiger charge is -2.36. The van der Waals surface area contributed by atoms with Gasteiger partial charge in [0.05, 0.1) is 11.9 Å². The van der Waals surface area contributed by atoms with E-state index >= 15 is 0 Å². The van der Waals surface area contributed by atoms with E-state index in [1.807, 2.05) is 48.1 Å². The molecule has 0 spiro atoms. The second-order valence-corrected chi connectivity index (χ2v) is 6.81. The van der Waals surface area contributed by atoms with Crippen LogP contribution in [-0.2, 0) is 0 Å². The van der Waals surface area contributed by atoms with Crippen molar-refractivity contribution in [3.8, 4) is 11.3 Å². The molecule has 0 N–H and O–H groups in total. The van der Waals surface area contributed by atoms with Crippen LogP contribution < -0.4 is 9.80 Å². The fraction of sp³-hybridized carbons (Fsp3) is 0.250. The summed E-state index contributed by atoms with van der Waals surface area (Å²) in [6.45, 7) is 5.46. The summed E-state index contributed by atoms with van der Waals surface area (Å²) in [5, 5.41) is 4.43. The molecule has 0 atom stereocenters. The van der Waals surface area contributed by atoms with E-state index in [1.165, 1.54) is 0 Å². The Labute approximate surface area is 162 Å². The van der Waals surface area contributed by atoms with Gasteiger partial charge in [-0.2, -0.15) is 9.61 Å². The summed E-state index contributed by atoms with van der Waals surface area (Å²) in [7, 11) is 0. The molecule has 8 nitrogen and oxygen atoms in total. The summed E-state index contributed by atoms with van der Waals surface area (Å²) in [6.07, 6.45) is 7.20. The Morgan fingerprint density at radius 3 is 2.57 bits per heavy atom. The third kappa shape index (κ3) is 3.02. The van der Waals surface area contributed by atoms with Gasteiger partial charge in [0.25, 0.3) is 0 Å². The lowest BCUT2D eigenvalue weighted by molar-refractivity contribution is 0.627. The van der Waals surface area contributed by atoms with Gasteiger partial charge in [-0.25, -0.2) is 15.0 Å². The summed E-state index contributed by atoms with van der Waals surface area (Å²) in [4.78, 5) is 22.5. The Hall–Kier alpha value is -3.55. The molecule has 140 valence electrons. The van der Waals surface area contributed by atoms with Gasteiger partial charge in [-0.1, -0.05) is 0 Å². The Kier molecular flexibility index (Phi) is 4.08. The molecule has 5 rings (SSSR count). The monoisotopic (exact) mass is 372 g/mol. The molecule has 0 saturated carbocycles. The van der Waals surface area contributed by atoms with Crippen LogP contribution in [0.5, 0.6) is 0 Å². The van der Waals surface area contributed by atoms with E-state index < -0.39 is 0 Å². The van der Waals surface area contributed by atoms with E-state index in [0.717, 1.165) is 60.5 Å². The number of nitrogens with zero attached hydrogens (tertiary/aromatic N) is 8. The highest BCUT2D eigenvalue weighted by Gasteiger charge is 2.22. The van der Waals surface area contributed by atoms with Gasteiger partial charge in [0.15, 0.2) is 5.65 Å². The van der Waals surface area contributed by atoms with Crippen LogP contribution >= 0.6 is 0 Å². The van der Waals surface area contributed by atoms with Gasteiger partial charge < -0.3 is 9.80 Å². The molecule has 28 heavy (non-hydrogen) atoms. The van der Waals surface area contributed by atoms with Crippen molar-refractivity contribution in [2.24, 2.45) is 0 Å². The molecule has 5 heterocycles. The Morgan fingerprint density at radius 2 is 1.75 bits per heavy atom. The zero-order valence-corrected chi connectivity index (χ0v) is 15.6. The molecule has 0 aliphatic carbocycles. The Balaban J connectivity index is 1.36. The molecule has 1 aliphatic heterocycles. The first kappa shape index (κ1) is 16.6. The number of aryl methyl sites for hydroxylation is 1. The number of hydrogen-bond acceptors (Lipinski definition) is 7.